The van der Waals surface area contributed by atoms with Gasteiger partial charge in [0.1, 0.15) is 17.5 Å². The normalized spacial score (nSPS) is 10.5. The van der Waals surface area contributed by atoms with Crippen LogP contribution in [-0.4, -0.2) is 22.2 Å². The van der Waals surface area contributed by atoms with Gasteiger partial charge in [0.05, 0.1) is 7.11 Å². The first-order chi connectivity index (χ1) is 9.13. The SMILES string of the molecule is COc1cccc(Cc2c(C)nc(CO)nc2Cl)c1. The molecule has 1 aromatic carbocycles. The number of methoxy groups -OCH3 is 1. The molecule has 0 spiro atoms. The molecule has 1 aromatic heterocycles. The molecule has 2 rings (SSSR count). The molecule has 2 aromatic rings. The molecule has 19 heavy (non-hydrogen) atoms. The van der Waals surface area contributed by atoms with E-state index >= 15 is 0 Å². The number of ether oxygens (including phenoxy) is 1. The van der Waals surface area contributed by atoms with Crippen molar-refractivity contribution >= 4 is 11.6 Å². The van der Waals surface area contributed by atoms with Crippen LogP contribution < -0.4 is 4.74 Å². The molecular formula is C14H15ClN2O2. The zero-order valence-electron chi connectivity index (χ0n) is 10.9. The van der Waals surface area contributed by atoms with E-state index in [0.717, 1.165) is 22.6 Å². The molecule has 0 saturated carbocycles. The zero-order chi connectivity index (χ0) is 13.8. The van der Waals surface area contributed by atoms with Crippen molar-refractivity contribution in [2.45, 2.75) is 20.0 Å². The lowest BCUT2D eigenvalue weighted by Crippen LogP contribution is -2.04. The third-order valence-electron chi connectivity index (χ3n) is 2.87. The van der Waals surface area contributed by atoms with Gasteiger partial charge >= 0.3 is 0 Å². The van der Waals surface area contributed by atoms with Gasteiger partial charge in [0.2, 0.25) is 0 Å². The van der Waals surface area contributed by atoms with E-state index in [2.05, 4.69) is 9.97 Å². The number of aromatic nitrogens is 2. The van der Waals surface area contributed by atoms with Crippen molar-refractivity contribution < 1.29 is 9.84 Å². The van der Waals surface area contributed by atoms with Crippen molar-refractivity contribution in [3.63, 3.8) is 0 Å². The Labute approximate surface area is 117 Å². The number of halogens is 1. The zero-order valence-corrected chi connectivity index (χ0v) is 11.6. The molecule has 0 saturated heterocycles. The third kappa shape index (κ3) is 3.22. The molecule has 0 amide bonds. The molecule has 0 radical (unpaired) electrons. The quantitative estimate of drug-likeness (QED) is 0.873. The largest absolute Gasteiger partial charge is 0.497 e. The molecular weight excluding hydrogens is 264 g/mol. The Morgan fingerprint density at radius 3 is 2.74 bits per heavy atom. The van der Waals surface area contributed by atoms with E-state index in [1.807, 2.05) is 31.2 Å². The van der Waals surface area contributed by atoms with Gasteiger partial charge in [-0.1, -0.05) is 23.7 Å². The van der Waals surface area contributed by atoms with Crippen LogP contribution in [0.5, 0.6) is 5.75 Å². The Kier molecular flexibility index (Phi) is 4.35. The summed E-state index contributed by atoms with van der Waals surface area (Å²) in [4.78, 5) is 8.28. The molecule has 4 nitrogen and oxygen atoms in total. The fourth-order valence-electron chi connectivity index (χ4n) is 1.87. The summed E-state index contributed by atoms with van der Waals surface area (Å²) >= 11 is 6.14. The maximum Gasteiger partial charge on any atom is 0.155 e. The molecule has 0 unspecified atom stereocenters. The van der Waals surface area contributed by atoms with Gasteiger partial charge in [-0.05, 0) is 24.6 Å². The topological polar surface area (TPSA) is 55.2 Å². The number of hydrogen-bond donors (Lipinski definition) is 1. The lowest BCUT2D eigenvalue weighted by molar-refractivity contribution is 0.271. The minimum atomic E-state index is -0.208. The Morgan fingerprint density at radius 1 is 1.32 bits per heavy atom. The fourth-order valence-corrected chi connectivity index (χ4v) is 2.18. The molecule has 0 aliphatic rings. The summed E-state index contributed by atoms with van der Waals surface area (Å²) in [6, 6.07) is 7.78. The summed E-state index contributed by atoms with van der Waals surface area (Å²) in [5, 5.41) is 9.42. The van der Waals surface area contributed by atoms with Gasteiger partial charge in [0, 0.05) is 17.7 Å². The van der Waals surface area contributed by atoms with Gasteiger partial charge in [-0.2, -0.15) is 0 Å². The van der Waals surface area contributed by atoms with Gasteiger partial charge in [-0.25, -0.2) is 9.97 Å². The van der Waals surface area contributed by atoms with Gasteiger partial charge in [0.25, 0.3) is 0 Å². The summed E-state index contributed by atoms with van der Waals surface area (Å²) in [5.41, 5.74) is 2.73. The third-order valence-corrected chi connectivity index (χ3v) is 3.18. The number of aliphatic hydroxyl groups is 1. The van der Waals surface area contributed by atoms with E-state index in [1.165, 1.54) is 0 Å². The Hall–Kier alpha value is -1.65. The lowest BCUT2D eigenvalue weighted by atomic mass is 10.1. The van der Waals surface area contributed by atoms with Crippen LogP contribution in [0.25, 0.3) is 0 Å². The van der Waals surface area contributed by atoms with Crippen molar-refractivity contribution in [2.75, 3.05) is 7.11 Å². The van der Waals surface area contributed by atoms with E-state index < -0.39 is 0 Å². The monoisotopic (exact) mass is 278 g/mol. The highest BCUT2D eigenvalue weighted by molar-refractivity contribution is 6.30. The van der Waals surface area contributed by atoms with Gasteiger partial charge < -0.3 is 9.84 Å². The summed E-state index contributed by atoms with van der Waals surface area (Å²) in [5.74, 6) is 1.15. The van der Waals surface area contributed by atoms with Crippen LogP contribution in [0.4, 0.5) is 0 Å². The van der Waals surface area contributed by atoms with Crippen LogP contribution in [-0.2, 0) is 13.0 Å². The number of aryl methyl sites for hydroxylation is 1. The predicted octanol–water partition coefficient (Wildman–Crippen LogP) is 2.53. The molecule has 100 valence electrons. The van der Waals surface area contributed by atoms with Crippen molar-refractivity contribution in [3.8, 4) is 5.75 Å². The highest BCUT2D eigenvalue weighted by atomic mass is 35.5. The van der Waals surface area contributed by atoms with E-state index in [9.17, 15) is 0 Å². The van der Waals surface area contributed by atoms with E-state index in [-0.39, 0.29) is 6.61 Å². The summed E-state index contributed by atoms with van der Waals surface area (Å²) < 4.78 is 5.19. The van der Waals surface area contributed by atoms with Crippen LogP contribution in [0.2, 0.25) is 5.15 Å². The Bertz CT molecular complexity index is 564. The summed E-state index contributed by atoms with van der Waals surface area (Å²) in [7, 11) is 1.64. The number of aliphatic hydroxyl groups excluding tert-OH is 1. The first kappa shape index (κ1) is 13.8. The average Bonchev–Trinajstić information content (AvgIpc) is 2.42. The maximum absolute atomic E-state index is 9.04. The number of benzene rings is 1. The minimum absolute atomic E-state index is 0.208. The molecule has 5 heteroatoms. The van der Waals surface area contributed by atoms with Crippen LogP contribution in [0.15, 0.2) is 24.3 Å². The predicted molar refractivity (Wildman–Crippen MR) is 73.5 cm³/mol. The van der Waals surface area contributed by atoms with Crippen molar-refractivity contribution in [1.82, 2.24) is 9.97 Å². The van der Waals surface area contributed by atoms with E-state index in [0.29, 0.717) is 17.4 Å². The highest BCUT2D eigenvalue weighted by Crippen LogP contribution is 2.22. The van der Waals surface area contributed by atoms with Crippen LogP contribution in [0, 0.1) is 6.92 Å². The van der Waals surface area contributed by atoms with Crippen molar-refractivity contribution in [3.05, 3.63) is 52.1 Å². The smallest absolute Gasteiger partial charge is 0.155 e. The molecule has 0 aliphatic carbocycles. The van der Waals surface area contributed by atoms with Crippen molar-refractivity contribution in [2.24, 2.45) is 0 Å². The average molecular weight is 279 g/mol. The van der Waals surface area contributed by atoms with Gasteiger partial charge in [0.15, 0.2) is 5.82 Å². The van der Waals surface area contributed by atoms with E-state index in [4.69, 9.17) is 21.4 Å². The minimum Gasteiger partial charge on any atom is -0.497 e. The molecule has 0 atom stereocenters. The van der Waals surface area contributed by atoms with E-state index in [1.54, 1.807) is 7.11 Å². The Morgan fingerprint density at radius 2 is 2.11 bits per heavy atom. The highest BCUT2D eigenvalue weighted by Gasteiger charge is 2.10. The molecule has 1 heterocycles. The number of rotatable bonds is 4. The van der Waals surface area contributed by atoms with Crippen molar-refractivity contribution in [1.29, 1.82) is 0 Å². The second kappa shape index (κ2) is 5.99. The van der Waals surface area contributed by atoms with Crippen LogP contribution in [0.3, 0.4) is 0 Å². The second-order valence-electron chi connectivity index (χ2n) is 4.18. The first-order valence-corrected chi connectivity index (χ1v) is 6.27. The van der Waals surface area contributed by atoms with Gasteiger partial charge in [-0.3, -0.25) is 0 Å². The number of hydrogen-bond acceptors (Lipinski definition) is 4. The summed E-state index contributed by atoms with van der Waals surface area (Å²) in [6.07, 6.45) is 0.633. The Balaban J connectivity index is 2.32. The van der Waals surface area contributed by atoms with Crippen LogP contribution in [0.1, 0.15) is 22.6 Å². The van der Waals surface area contributed by atoms with Crippen LogP contribution >= 0.6 is 11.6 Å². The molecule has 0 aliphatic heterocycles. The molecule has 0 bridgehead atoms. The standard InChI is InChI=1S/C14H15ClN2O2/c1-9-12(14(15)17-13(8-18)16-9)7-10-4-3-5-11(6-10)19-2/h3-6,18H,7-8H2,1-2H3. The molecule has 0 fully saturated rings. The fraction of sp³-hybridized carbons (Fsp3) is 0.286. The second-order valence-corrected chi connectivity index (χ2v) is 4.54. The van der Waals surface area contributed by atoms with Gasteiger partial charge in [-0.15, -0.1) is 0 Å². The summed E-state index contributed by atoms with van der Waals surface area (Å²) in [6.45, 7) is 1.65. The maximum atomic E-state index is 9.04. The number of nitrogens with zero attached hydrogens (tertiary/aromatic N) is 2. The first-order valence-electron chi connectivity index (χ1n) is 5.89. The molecule has 1 N–H and O–H groups in total. The lowest BCUT2D eigenvalue weighted by Gasteiger charge is -2.09.